The van der Waals surface area contributed by atoms with Crippen molar-refractivity contribution < 1.29 is 28.0 Å². The van der Waals surface area contributed by atoms with Gasteiger partial charge in [0.2, 0.25) is 0 Å². The summed E-state index contributed by atoms with van der Waals surface area (Å²) >= 11 is 0. The molecule has 0 saturated carbocycles. The van der Waals surface area contributed by atoms with Gasteiger partial charge in [-0.2, -0.15) is 0 Å². The normalized spacial score (nSPS) is 0. The predicted molar refractivity (Wildman–Crippen MR) is 22.4 cm³/mol. The van der Waals surface area contributed by atoms with Crippen LogP contribution in [-0.4, -0.2) is 109 Å². The Balaban J connectivity index is 0. The Morgan fingerprint density at radius 2 is 1.20 bits per heavy atom. The average molecular weight is 416 g/mol. The molecule has 0 unspecified atom stereocenters. The Hall–Kier alpha value is 4.09. The summed E-state index contributed by atoms with van der Waals surface area (Å²) in [7, 11) is 0. The van der Waals surface area contributed by atoms with Gasteiger partial charge in [0.05, 0.1) is 0 Å². The van der Waals surface area contributed by atoms with E-state index >= 15 is 0 Å². The van der Waals surface area contributed by atoms with Gasteiger partial charge in [0.25, 0.3) is 0 Å². The summed E-state index contributed by atoms with van der Waals surface area (Å²) in [5.74, 6) is 0. The summed E-state index contributed by atoms with van der Waals surface area (Å²) in [6, 6.07) is 0. The fraction of sp³-hybridized carbons (Fsp3) is 0. The zero-order valence-corrected chi connectivity index (χ0v) is 12.8. The first-order valence-corrected chi connectivity index (χ1v) is 0. The summed E-state index contributed by atoms with van der Waals surface area (Å²) < 4.78 is 0. The van der Waals surface area contributed by atoms with Gasteiger partial charge in [-0.25, -0.2) is 0 Å². The predicted octanol–water partition coefficient (Wildman–Crippen LogP) is -0.814. The van der Waals surface area contributed by atoms with Crippen LogP contribution in [-0.2, 0) is 22.3 Å². The van der Waals surface area contributed by atoms with Crippen LogP contribution in [0.15, 0.2) is 0 Å². The van der Waals surface area contributed by atoms with Gasteiger partial charge in [0.15, 0.2) is 0 Å². The van der Waals surface area contributed by atoms with Crippen molar-refractivity contribution >= 4 is 109 Å². The van der Waals surface area contributed by atoms with Crippen LogP contribution >= 0.6 is 0 Å². The molecule has 0 saturated heterocycles. The van der Waals surface area contributed by atoms with E-state index in [-0.39, 0.29) is 137 Å². The average Bonchev–Trinajstić information content (AvgIpc) is 0. The Morgan fingerprint density at radius 3 is 1.20 bits per heavy atom. The van der Waals surface area contributed by atoms with E-state index in [4.69, 9.17) is 0 Å². The van der Waals surface area contributed by atoms with Gasteiger partial charge in [0.1, 0.15) is 0 Å². The van der Waals surface area contributed by atoms with Crippen molar-refractivity contribution in [3.63, 3.8) is 0 Å². The molecule has 4 radical (unpaired) electrons. The van der Waals surface area contributed by atoms with Crippen molar-refractivity contribution in [2.45, 2.75) is 0 Å². The van der Waals surface area contributed by atoms with Crippen LogP contribution in [0.25, 0.3) is 0 Å². The van der Waals surface area contributed by atoms with E-state index in [0.29, 0.717) is 0 Å². The van der Waals surface area contributed by atoms with Gasteiger partial charge in [-0.05, 0) is 0 Å². The second kappa shape index (κ2) is 24.3. The van der Waals surface area contributed by atoms with Crippen LogP contribution in [0.3, 0.4) is 0 Å². The standard InChI is InChI=1S/Bi.Ca.Co.O.Sr.4H/q;2*+2;-2;+2;4*-1. The van der Waals surface area contributed by atoms with Gasteiger partial charge < -0.3 is 11.2 Å². The smallest absolute Gasteiger partial charge is 2.00 e. The second-order valence-electron chi connectivity index (χ2n) is 0. The summed E-state index contributed by atoms with van der Waals surface area (Å²) in [4.78, 5) is 0. The molecule has 0 aliphatic carbocycles. The molecule has 0 rings (SSSR count). The Bertz CT molecular complexity index is 20.5. The van der Waals surface area contributed by atoms with Gasteiger partial charge in [-0.15, -0.1) is 0 Å². The largest absolute Gasteiger partial charge is 2.00 e. The summed E-state index contributed by atoms with van der Waals surface area (Å²) in [6.07, 6.45) is 0. The molecule has 0 bridgehead atoms. The zero-order chi connectivity index (χ0) is 0. The Kier molecular flexibility index (Phi) is 173. The molecule has 0 heterocycles. The molecule has 0 aromatic rings. The minimum absolute atomic E-state index is 0. The topological polar surface area (TPSA) is 28.5 Å². The first-order valence-electron chi connectivity index (χ1n) is 0. The maximum absolute atomic E-state index is 0. The van der Waals surface area contributed by atoms with E-state index in [2.05, 4.69) is 0 Å². The molecule has 28 valence electrons. The van der Waals surface area contributed by atoms with Crippen molar-refractivity contribution in [2.24, 2.45) is 0 Å². The fourth-order valence-corrected chi connectivity index (χ4v) is 0. The number of hydrogen-bond donors (Lipinski definition) is 0. The number of hydrogen-bond acceptors (Lipinski definition) is 0. The van der Waals surface area contributed by atoms with Crippen LogP contribution in [0.1, 0.15) is 5.71 Å². The minimum Gasteiger partial charge on any atom is -2.00 e. The molecule has 5 heavy (non-hydrogen) atoms. The third-order valence-corrected chi connectivity index (χ3v) is 0. The SMILES string of the molecule is [Bi].[Ca+2].[Co+2].[H-].[H-].[H-].[H-].[O-2].[Sr+2]. The van der Waals surface area contributed by atoms with Crippen molar-refractivity contribution in [1.82, 2.24) is 0 Å². The van der Waals surface area contributed by atoms with E-state index in [9.17, 15) is 0 Å². The molecule has 5 heteroatoms. The van der Waals surface area contributed by atoms with Gasteiger partial charge >= 0.3 is 100.0 Å². The molecular formula is H4BiCaCoOSr. The molecule has 0 aromatic carbocycles. The van der Waals surface area contributed by atoms with Crippen molar-refractivity contribution in [1.29, 1.82) is 0 Å². The number of rotatable bonds is 0. The second-order valence-corrected chi connectivity index (χ2v) is 0. The zero-order valence-electron chi connectivity index (χ0n) is 6.60. The van der Waals surface area contributed by atoms with Crippen molar-refractivity contribution in [3.8, 4) is 0 Å². The molecule has 0 aliphatic heterocycles. The molecule has 0 spiro atoms. The first-order chi connectivity index (χ1) is 0. The van der Waals surface area contributed by atoms with E-state index in [1.54, 1.807) is 0 Å². The molecule has 1 nitrogen and oxygen atoms in total. The molecule has 0 aliphatic rings. The maximum Gasteiger partial charge on any atom is 2.00 e. The molecule has 0 fully saturated rings. The molecule has 0 atom stereocenters. The van der Waals surface area contributed by atoms with Crippen LogP contribution in [0.4, 0.5) is 0 Å². The van der Waals surface area contributed by atoms with E-state index < -0.39 is 0 Å². The summed E-state index contributed by atoms with van der Waals surface area (Å²) in [6.45, 7) is 0. The Morgan fingerprint density at radius 1 is 1.20 bits per heavy atom. The van der Waals surface area contributed by atoms with Gasteiger partial charge in [0, 0.05) is 26.2 Å². The monoisotopic (exact) mass is 416 g/mol. The van der Waals surface area contributed by atoms with E-state index in [1.807, 2.05) is 0 Å². The first kappa shape index (κ1) is 35.6. The minimum atomic E-state index is 0. The van der Waals surface area contributed by atoms with Crippen LogP contribution in [0.2, 0.25) is 0 Å². The van der Waals surface area contributed by atoms with Gasteiger partial charge in [-0.1, -0.05) is 0 Å². The quantitative estimate of drug-likeness (QED) is 0.463. The Labute approximate surface area is 134 Å². The van der Waals surface area contributed by atoms with E-state index in [1.165, 1.54) is 0 Å². The van der Waals surface area contributed by atoms with Crippen LogP contribution < -0.4 is 0 Å². The molecule has 0 amide bonds. The van der Waals surface area contributed by atoms with Crippen LogP contribution in [0.5, 0.6) is 0 Å². The van der Waals surface area contributed by atoms with E-state index in [0.717, 1.165) is 0 Å². The maximum atomic E-state index is 0. The molecular weight excluding hydrogens is 412 g/mol. The fourth-order valence-electron chi connectivity index (χ4n) is 0. The van der Waals surface area contributed by atoms with Crippen molar-refractivity contribution in [3.05, 3.63) is 0 Å². The van der Waals surface area contributed by atoms with Crippen LogP contribution in [0, 0.1) is 0 Å². The molecule has 0 N–H and O–H groups in total. The summed E-state index contributed by atoms with van der Waals surface area (Å²) in [5.41, 5.74) is 0. The third kappa shape index (κ3) is 17.9. The third-order valence-electron chi connectivity index (χ3n) is 0. The van der Waals surface area contributed by atoms with Crippen molar-refractivity contribution in [2.75, 3.05) is 0 Å². The molecule has 0 aromatic heterocycles. The summed E-state index contributed by atoms with van der Waals surface area (Å²) in [5, 5.41) is 0. The van der Waals surface area contributed by atoms with Gasteiger partial charge in [-0.3, -0.25) is 0 Å².